The minimum Gasteiger partial charge on any atom is -0.321 e. The SMILES string of the molecule is CC(=O)C(N)CC(Cc1ccc(CCCF)cc1)C(=O)[N+](=O)[O-]. The van der Waals surface area contributed by atoms with Crippen LogP contribution in [0.4, 0.5) is 4.39 Å². The van der Waals surface area contributed by atoms with Gasteiger partial charge < -0.3 is 5.73 Å². The highest BCUT2D eigenvalue weighted by Crippen LogP contribution is 2.17. The molecule has 1 rings (SSSR count). The second-order valence-electron chi connectivity index (χ2n) is 5.56. The number of alkyl halides is 1. The smallest absolute Gasteiger partial charge is 0.321 e. The van der Waals surface area contributed by atoms with Crippen LogP contribution in [0.5, 0.6) is 0 Å². The van der Waals surface area contributed by atoms with E-state index >= 15 is 0 Å². The number of halogens is 1. The number of nitrogens with zero attached hydrogens (tertiary/aromatic N) is 1. The van der Waals surface area contributed by atoms with E-state index in [1.54, 1.807) is 12.1 Å². The van der Waals surface area contributed by atoms with E-state index in [0.717, 1.165) is 11.1 Å². The van der Waals surface area contributed by atoms with Crippen molar-refractivity contribution >= 4 is 11.7 Å². The summed E-state index contributed by atoms with van der Waals surface area (Å²) >= 11 is 0. The van der Waals surface area contributed by atoms with E-state index in [0.29, 0.717) is 12.8 Å². The molecule has 126 valence electrons. The Hall–Kier alpha value is -2.15. The van der Waals surface area contributed by atoms with Crippen molar-refractivity contribution in [3.63, 3.8) is 0 Å². The van der Waals surface area contributed by atoms with Crippen LogP contribution in [-0.2, 0) is 22.4 Å². The zero-order valence-electron chi connectivity index (χ0n) is 13.0. The van der Waals surface area contributed by atoms with Crippen LogP contribution in [0, 0.1) is 16.0 Å². The van der Waals surface area contributed by atoms with Crippen molar-refractivity contribution in [2.75, 3.05) is 6.67 Å². The highest BCUT2D eigenvalue weighted by atomic mass is 19.1. The molecular weight excluding hydrogens is 303 g/mol. The number of amides is 1. The lowest BCUT2D eigenvalue weighted by Gasteiger charge is -2.14. The van der Waals surface area contributed by atoms with Crippen LogP contribution >= 0.6 is 0 Å². The summed E-state index contributed by atoms with van der Waals surface area (Å²) in [6.07, 6.45) is 1.14. The maximum Gasteiger partial charge on any atom is 0.448 e. The molecule has 0 heterocycles. The topological polar surface area (TPSA) is 103 Å². The molecule has 0 saturated carbocycles. The quantitative estimate of drug-likeness (QED) is 0.551. The number of Topliss-reactive ketones (excluding diaryl/α,β-unsaturated/α-hetero) is 1. The van der Waals surface area contributed by atoms with E-state index in [1.165, 1.54) is 6.92 Å². The lowest BCUT2D eigenvalue weighted by atomic mass is 9.90. The summed E-state index contributed by atoms with van der Waals surface area (Å²) in [7, 11) is 0. The van der Waals surface area contributed by atoms with Crippen LogP contribution in [0.15, 0.2) is 24.3 Å². The predicted molar refractivity (Wildman–Crippen MR) is 83.2 cm³/mol. The first-order chi connectivity index (χ1) is 10.8. The van der Waals surface area contributed by atoms with Gasteiger partial charge in [-0.1, -0.05) is 24.3 Å². The third-order valence-electron chi connectivity index (χ3n) is 3.69. The maximum atomic E-state index is 12.1. The Morgan fingerprint density at radius 2 is 1.83 bits per heavy atom. The number of aryl methyl sites for hydroxylation is 1. The van der Waals surface area contributed by atoms with E-state index in [4.69, 9.17) is 5.73 Å². The monoisotopic (exact) mass is 324 g/mol. The van der Waals surface area contributed by atoms with Crippen molar-refractivity contribution in [3.8, 4) is 0 Å². The van der Waals surface area contributed by atoms with Crippen LogP contribution in [0.3, 0.4) is 0 Å². The number of hydrogen-bond acceptors (Lipinski definition) is 5. The van der Waals surface area contributed by atoms with Crippen LogP contribution in [-0.4, -0.2) is 29.3 Å². The molecule has 0 bridgehead atoms. The Labute approximate surface area is 134 Å². The fourth-order valence-electron chi connectivity index (χ4n) is 2.29. The third-order valence-corrected chi connectivity index (χ3v) is 3.69. The van der Waals surface area contributed by atoms with Crippen molar-refractivity contribution in [2.24, 2.45) is 11.7 Å². The van der Waals surface area contributed by atoms with Crippen molar-refractivity contribution in [3.05, 3.63) is 45.5 Å². The molecule has 2 N–H and O–H groups in total. The predicted octanol–water partition coefficient (Wildman–Crippen LogP) is 1.86. The first-order valence-electron chi connectivity index (χ1n) is 7.43. The summed E-state index contributed by atoms with van der Waals surface area (Å²) in [5.74, 6) is -2.39. The fourth-order valence-corrected chi connectivity index (χ4v) is 2.29. The summed E-state index contributed by atoms with van der Waals surface area (Å²) in [6.45, 7) is 0.905. The first kappa shape index (κ1) is 18.9. The van der Waals surface area contributed by atoms with Gasteiger partial charge in [0.15, 0.2) is 0 Å². The molecule has 23 heavy (non-hydrogen) atoms. The number of nitro groups is 1. The number of carbonyl (C=O) groups is 2. The Kier molecular flexibility index (Phi) is 7.47. The summed E-state index contributed by atoms with van der Waals surface area (Å²) < 4.78 is 12.1. The second-order valence-corrected chi connectivity index (χ2v) is 5.56. The Morgan fingerprint density at radius 3 is 2.30 bits per heavy atom. The number of rotatable bonds is 9. The minimum absolute atomic E-state index is 0.0568. The molecule has 0 radical (unpaired) electrons. The minimum atomic E-state index is -1.14. The Morgan fingerprint density at radius 1 is 1.26 bits per heavy atom. The van der Waals surface area contributed by atoms with Gasteiger partial charge in [-0.15, -0.1) is 0 Å². The molecule has 1 amide bonds. The molecule has 1 aromatic rings. The Bertz CT molecular complexity index is 560. The molecule has 0 saturated heterocycles. The highest BCUT2D eigenvalue weighted by Gasteiger charge is 2.32. The normalized spacial score (nSPS) is 13.3. The molecule has 2 unspecified atom stereocenters. The van der Waals surface area contributed by atoms with E-state index < -0.39 is 22.8 Å². The van der Waals surface area contributed by atoms with Crippen LogP contribution < -0.4 is 5.73 Å². The first-order valence-corrected chi connectivity index (χ1v) is 7.43. The number of ketones is 1. The number of carbonyl (C=O) groups excluding carboxylic acids is 2. The van der Waals surface area contributed by atoms with Crippen LogP contribution in [0.25, 0.3) is 0 Å². The molecule has 0 aliphatic rings. The van der Waals surface area contributed by atoms with Gasteiger partial charge >= 0.3 is 5.91 Å². The third kappa shape index (κ3) is 6.23. The van der Waals surface area contributed by atoms with Gasteiger partial charge in [0, 0.05) is 0 Å². The van der Waals surface area contributed by atoms with E-state index in [1.807, 2.05) is 12.1 Å². The van der Waals surface area contributed by atoms with Gasteiger partial charge in [0.05, 0.1) is 18.6 Å². The summed E-state index contributed by atoms with van der Waals surface area (Å²) in [5, 5.41) is 10.7. The zero-order valence-corrected chi connectivity index (χ0v) is 13.0. The van der Waals surface area contributed by atoms with Crippen LogP contribution in [0.1, 0.15) is 30.9 Å². The molecule has 0 aromatic heterocycles. The lowest BCUT2D eigenvalue weighted by molar-refractivity contribution is -0.407. The zero-order chi connectivity index (χ0) is 17.4. The van der Waals surface area contributed by atoms with Gasteiger partial charge in [-0.05, 0) is 43.7 Å². The van der Waals surface area contributed by atoms with Crippen molar-refractivity contribution in [1.82, 2.24) is 0 Å². The molecule has 0 spiro atoms. The van der Waals surface area contributed by atoms with Gasteiger partial charge in [0.2, 0.25) is 0 Å². The average molecular weight is 324 g/mol. The number of nitrogens with two attached hydrogens (primary N) is 1. The summed E-state index contributed by atoms with van der Waals surface area (Å²) in [6, 6.07) is 6.24. The van der Waals surface area contributed by atoms with Crippen LogP contribution in [0.2, 0.25) is 0 Å². The van der Waals surface area contributed by atoms with E-state index in [-0.39, 0.29) is 25.3 Å². The summed E-state index contributed by atoms with van der Waals surface area (Å²) in [4.78, 5) is 32.7. The maximum absolute atomic E-state index is 12.1. The molecule has 6 nitrogen and oxygen atoms in total. The Balaban J connectivity index is 2.81. The van der Waals surface area contributed by atoms with Gasteiger partial charge in [0.1, 0.15) is 10.7 Å². The highest BCUT2D eigenvalue weighted by molar-refractivity contribution is 5.82. The standard InChI is InChI=1S/C16H21FN2O4/c1-11(20)15(18)10-14(16(21)19(22)23)9-13-6-4-12(5-7-13)3-2-8-17/h4-7,14-15H,2-3,8-10,18H2,1H3. The van der Waals surface area contributed by atoms with Gasteiger partial charge in [-0.3, -0.25) is 19.3 Å². The molecule has 1 aromatic carbocycles. The van der Waals surface area contributed by atoms with Gasteiger partial charge in [0.25, 0.3) is 0 Å². The van der Waals surface area contributed by atoms with E-state index in [2.05, 4.69) is 0 Å². The molecule has 0 aliphatic carbocycles. The molecule has 7 heteroatoms. The van der Waals surface area contributed by atoms with Crippen molar-refractivity contribution < 1.29 is 18.9 Å². The molecule has 0 aliphatic heterocycles. The lowest BCUT2D eigenvalue weighted by Crippen LogP contribution is -2.36. The average Bonchev–Trinajstić information content (AvgIpc) is 2.52. The van der Waals surface area contributed by atoms with Crippen molar-refractivity contribution in [2.45, 2.75) is 38.6 Å². The molecule has 0 fully saturated rings. The fraction of sp³-hybridized carbons (Fsp3) is 0.500. The number of hydrogen-bond donors (Lipinski definition) is 1. The number of benzene rings is 1. The largest absolute Gasteiger partial charge is 0.448 e. The molecule has 2 atom stereocenters. The second kappa shape index (κ2) is 9.09. The molecular formula is C16H21FN2O4. The van der Waals surface area contributed by atoms with E-state index in [9.17, 15) is 24.1 Å². The summed E-state index contributed by atoms with van der Waals surface area (Å²) in [5.41, 5.74) is 7.33. The van der Waals surface area contributed by atoms with Gasteiger partial charge in [-0.25, -0.2) is 4.79 Å². The van der Waals surface area contributed by atoms with Crippen molar-refractivity contribution in [1.29, 1.82) is 0 Å². The van der Waals surface area contributed by atoms with Gasteiger partial charge in [-0.2, -0.15) is 0 Å².